The molecule has 0 bridgehead atoms. The number of carbonyl (C=O) groups is 1. The maximum atomic E-state index is 10.6. The fourth-order valence-electron chi connectivity index (χ4n) is 0.944. The van der Waals surface area contributed by atoms with Crippen LogP contribution in [0.2, 0.25) is 0 Å². The van der Waals surface area contributed by atoms with Crippen LogP contribution < -0.4 is 0 Å². The number of hydrogen-bond donors (Lipinski definition) is 0. The minimum atomic E-state index is -1.45. The van der Waals surface area contributed by atoms with E-state index >= 15 is 0 Å². The molecular formula is C7H6BrNO3. The van der Waals surface area contributed by atoms with Crippen molar-refractivity contribution in [2.24, 2.45) is 5.92 Å². The summed E-state index contributed by atoms with van der Waals surface area (Å²) in [6, 6.07) is 0. The molecule has 1 aliphatic rings. The van der Waals surface area contributed by atoms with Gasteiger partial charge in [-0.15, -0.1) is 0 Å². The fourth-order valence-corrected chi connectivity index (χ4v) is 1.36. The summed E-state index contributed by atoms with van der Waals surface area (Å²) in [6.07, 6.45) is 6.55. The summed E-state index contributed by atoms with van der Waals surface area (Å²) in [6.45, 7) is 0. The zero-order valence-corrected chi connectivity index (χ0v) is 7.60. The van der Waals surface area contributed by atoms with Crippen LogP contribution in [0.15, 0.2) is 24.3 Å². The number of nitro groups is 1. The van der Waals surface area contributed by atoms with Gasteiger partial charge in [-0.2, -0.15) is 0 Å². The zero-order valence-electron chi connectivity index (χ0n) is 6.01. The third-order valence-electron chi connectivity index (χ3n) is 1.65. The zero-order chi connectivity index (χ0) is 9.19. The number of halogens is 1. The van der Waals surface area contributed by atoms with Gasteiger partial charge in [0, 0.05) is 26.9 Å². The molecule has 0 aliphatic heterocycles. The van der Waals surface area contributed by atoms with Gasteiger partial charge in [0.25, 0.3) is 0 Å². The van der Waals surface area contributed by atoms with Crippen LogP contribution in [-0.4, -0.2) is 15.7 Å². The van der Waals surface area contributed by atoms with Crippen LogP contribution >= 0.6 is 15.9 Å². The Labute approximate surface area is 77.2 Å². The molecule has 0 aromatic rings. The summed E-state index contributed by atoms with van der Waals surface area (Å²) in [5, 5.41) is 10.6. The summed E-state index contributed by atoms with van der Waals surface area (Å²) >= 11 is 2.92. The molecule has 2 atom stereocenters. The maximum Gasteiger partial charge on any atom is 0.305 e. The molecule has 12 heavy (non-hydrogen) atoms. The molecule has 1 rings (SSSR count). The predicted molar refractivity (Wildman–Crippen MR) is 46.5 cm³/mol. The van der Waals surface area contributed by atoms with E-state index in [1.54, 1.807) is 6.08 Å². The summed E-state index contributed by atoms with van der Waals surface area (Å²) in [5.41, 5.74) is 0. The average molecular weight is 232 g/mol. The second kappa shape index (κ2) is 3.18. The Morgan fingerprint density at radius 2 is 2.25 bits per heavy atom. The number of aldehydes is 1. The minimum absolute atomic E-state index is 0.522. The lowest BCUT2D eigenvalue weighted by Gasteiger charge is -2.20. The van der Waals surface area contributed by atoms with Gasteiger partial charge in [0.15, 0.2) is 0 Å². The number of nitrogens with zero attached hydrogens (tertiary/aromatic N) is 1. The molecule has 0 aromatic carbocycles. The molecule has 64 valence electrons. The van der Waals surface area contributed by atoms with Crippen LogP contribution in [-0.2, 0) is 4.79 Å². The quantitative estimate of drug-likeness (QED) is 0.237. The molecule has 0 saturated carbocycles. The summed E-state index contributed by atoms with van der Waals surface area (Å²) in [4.78, 5) is 20.5. The average Bonchev–Trinajstić information content (AvgIpc) is 2.05. The summed E-state index contributed by atoms with van der Waals surface area (Å²) in [5.74, 6) is -0.738. The molecule has 0 spiro atoms. The van der Waals surface area contributed by atoms with Gasteiger partial charge in [-0.1, -0.05) is 18.2 Å². The third-order valence-corrected chi connectivity index (χ3v) is 2.74. The standard InChI is InChI=1S/C7H6BrNO3/c8-7(9(11)12)4-2-1-3-6(7)5-10/h1-6H. The van der Waals surface area contributed by atoms with E-state index in [-0.39, 0.29) is 0 Å². The molecule has 0 aromatic heterocycles. The molecule has 0 N–H and O–H groups in total. The fraction of sp³-hybridized carbons (Fsp3) is 0.286. The lowest BCUT2D eigenvalue weighted by Crippen LogP contribution is -2.38. The summed E-state index contributed by atoms with van der Waals surface area (Å²) in [7, 11) is 0. The first-order chi connectivity index (χ1) is 5.61. The molecule has 0 amide bonds. The Balaban J connectivity index is 3.02. The van der Waals surface area contributed by atoms with Crippen molar-refractivity contribution in [3.63, 3.8) is 0 Å². The first-order valence-corrected chi connectivity index (χ1v) is 4.05. The van der Waals surface area contributed by atoms with Crippen molar-refractivity contribution in [1.82, 2.24) is 0 Å². The maximum absolute atomic E-state index is 10.6. The molecule has 1 aliphatic carbocycles. The predicted octanol–water partition coefficient (Wildman–Crippen LogP) is 1.30. The number of alkyl halides is 1. The topological polar surface area (TPSA) is 60.2 Å². The molecule has 4 nitrogen and oxygen atoms in total. The van der Waals surface area contributed by atoms with E-state index in [9.17, 15) is 14.9 Å². The number of rotatable bonds is 2. The lowest BCUT2D eigenvalue weighted by molar-refractivity contribution is -0.526. The van der Waals surface area contributed by atoms with E-state index in [2.05, 4.69) is 15.9 Å². The first kappa shape index (κ1) is 9.12. The molecule has 0 saturated heterocycles. The van der Waals surface area contributed by atoms with Gasteiger partial charge in [-0.05, 0) is 0 Å². The van der Waals surface area contributed by atoms with Crippen molar-refractivity contribution in [2.45, 2.75) is 4.45 Å². The minimum Gasteiger partial charge on any atom is -0.302 e. The van der Waals surface area contributed by atoms with E-state index < -0.39 is 15.3 Å². The van der Waals surface area contributed by atoms with Crippen molar-refractivity contribution >= 4 is 22.2 Å². The highest BCUT2D eigenvalue weighted by atomic mass is 79.9. The van der Waals surface area contributed by atoms with Gasteiger partial charge in [0.2, 0.25) is 0 Å². The number of hydrogen-bond acceptors (Lipinski definition) is 3. The van der Waals surface area contributed by atoms with Gasteiger partial charge < -0.3 is 4.79 Å². The smallest absolute Gasteiger partial charge is 0.302 e. The number of carbonyl (C=O) groups excluding carboxylic acids is 1. The number of allylic oxidation sites excluding steroid dienone is 2. The van der Waals surface area contributed by atoms with Crippen LogP contribution in [0, 0.1) is 16.0 Å². The highest BCUT2D eigenvalue weighted by Gasteiger charge is 2.45. The van der Waals surface area contributed by atoms with Gasteiger partial charge in [0.1, 0.15) is 12.2 Å². The van der Waals surface area contributed by atoms with Gasteiger partial charge in [-0.3, -0.25) is 10.1 Å². The molecule has 2 unspecified atom stereocenters. The van der Waals surface area contributed by atoms with Crippen molar-refractivity contribution in [1.29, 1.82) is 0 Å². The normalized spacial score (nSPS) is 33.2. The molecule has 0 heterocycles. The van der Waals surface area contributed by atoms with Crippen molar-refractivity contribution in [3.05, 3.63) is 34.4 Å². The van der Waals surface area contributed by atoms with Crippen LogP contribution in [0.4, 0.5) is 0 Å². The van der Waals surface area contributed by atoms with Crippen LogP contribution in [0.5, 0.6) is 0 Å². The highest BCUT2D eigenvalue weighted by Crippen LogP contribution is 2.32. The van der Waals surface area contributed by atoms with Crippen molar-refractivity contribution < 1.29 is 9.72 Å². The Kier molecular flexibility index (Phi) is 2.42. The Morgan fingerprint density at radius 3 is 2.67 bits per heavy atom. The monoisotopic (exact) mass is 231 g/mol. The molecule has 5 heteroatoms. The molecule has 0 fully saturated rings. The molecular weight excluding hydrogens is 226 g/mol. The lowest BCUT2D eigenvalue weighted by atomic mass is 9.97. The van der Waals surface area contributed by atoms with Gasteiger partial charge in [-0.25, -0.2) is 0 Å². The van der Waals surface area contributed by atoms with Gasteiger partial charge in [0.05, 0.1) is 0 Å². The second-order valence-electron chi connectivity index (χ2n) is 2.39. The molecule has 0 radical (unpaired) electrons. The van der Waals surface area contributed by atoms with E-state index in [1.807, 2.05) is 0 Å². The van der Waals surface area contributed by atoms with Crippen molar-refractivity contribution in [3.8, 4) is 0 Å². The van der Waals surface area contributed by atoms with E-state index in [0.717, 1.165) is 0 Å². The third kappa shape index (κ3) is 1.32. The Morgan fingerprint density at radius 1 is 1.58 bits per heavy atom. The van der Waals surface area contributed by atoms with Crippen LogP contribution in [0.3, 0.4) is 0 Å². The Hall–Kier alpha value is -0.970. The van der Waals surface area contributed by atoms with Crippen LogP contribution in [0.25, 0.3) is 0 Å². The van der Waals surface area contributed by atoms with Gasteiger partial charge >= 0.3 is 4.45 Å². The first-order valence-electron chi connectivity index (χ1n) is 3.26. The Bertz CT molecular complexity index is 274. The van der Waals surface area contributed by atoms with E-state index in [1.165, 1.54) is 18.2 Å². The van der Waals surface area contributed by atoms with Crippen LogP contribution in [0.1, 0.15) is 0 Å². The summed E-state index contributed by atoms with van der Waals surface area (Å²) < 4.78 is -1.45. The van der Waals surface area contributed by atoms with E-state index in [0.29, 0.717) is 6.29 Å². The largest absolute Gasteiger partial charge is 0.305 e. The van der Waals surface area contributed by atoms with Crippen molar-refractivity contribution in [2.75, 3.05) is 0 Å². The highest BCUT2D eigenvalue weighted by molar-refractivity contribution is 9.10. The second-order valence-corrected chi connectivity index (χ2v) is 3.66. The van der Waals surface area contributed by atoms with E-state index in [4.69, 9.17) is 0 Å². The SMILES string of the molecule is O=CC1C=CC=CC1(Br)[N+](=O)[O-].